The molecule has 0 amide bonds. The molecule has 0 aliphatic carbocycles. The Balaban J connectivity index is 2.43. The van der Waals surface area contributed by atoms with Crippen molar-refractivity contribution in [3.05, 3.63) is 28.8 Å². The van der Waals surface area contributed by atoms with E-state index in [4.69, 9.17) is 11.6 Å². The van der Waals surface area contributed by atoms with Gasteiger partial charge in [-0.1, -0.05) is 11.6 Å². The van der Waals surface area contributed by atoms with Crippen LogP contribution in [0.2, 0.25) is 5.02 Å². The van der Waals surface area contributed by atoms with Gasteiger partial charge in [0, 0.05) is 22.3 Å². The van der Waals surface area contributed by atoms with Crippen LogP contribution in [0.3, 0.4) is 0 Å². The summed E-state index contributed by atoms with van der Waals surface area (Å²) in [5, 5.41) is 13.7. The lowest BCUT2D eigenvalue weighted by Gasteiger charge is -2.28. The Bertz CT molecular complexity index is 327. The van der Waals surface area contributed by atoms with Gasteiger partial charge in [0.25, 0.3) is 0 Å². The van der Waals surface area contributed by atoms with Crippen molar-refractivity contribution in [2.24, 2.45) is 0 Å². The number of aliphatic hydroxyl groups is 1. The molecular formula is C10H12ClNO. The highest BCUT2D eigenvalue weighted by Crippen LogP contribution is 2.33. The third kappa shape index (κ3) is 1.64. The molecule has 0 aromatic heterocycles. The molecule has 1 aliphatic heterocycles. The highest BCUT2D eigenvalue weighted by molar-refractivity contribution is 6.30. The van der Waals surface area contributed by atoms with Gasteiger partial charge in [0.05, 0.1) is 6.10 Å². The second-order valence-electron chi connectivity index (χ2n) is 3.53. The summed E-state index contributed by atoms with van der Waals surface area (Å²) >= 11 is 5.84. The van der Waals surface area contributed by atoms with E-state index in [0.717, 1.165) is 17.7 Å². The van der Waals surface area contributed by atoms with E-state index in [1.165, 1.54) is 0 Å². The maximum Gasteiger partial charge on any atom is 0.0829 e. The monoisotopic (exact) mass is 197 g/mol. The minimum Gasteiger partial charge on any atom is -0.388 e. The molecule has 2 atom stereocenters. The fraction of sp³-hybridized carbons (Fsp3) is 0.400. The topological polar surface area (TPSA) is 32.3 Å². The maximum absolute atomic E-state index is 9.76. The molecule has 0 spiro atoms. The molecule has 1 heterocycles. The van der Waals surface area contributed by atoms with Gasteiger partial charge in [-0.15, -0.1) is 0 Å². The van der Waals surface area contributed by atoms with Gasteiger partial charge in [-0.25, -0.2) is 0 Å². The lowest BCUT2D eigenvalue weighted by molar-refractivity contribution is 0.158. The van der Waals surface area contributed by atoms with E-state index in [-0.39, 0.29) is 6.10 Å². The minimum atomic E-state index is -0.384. The molecule has 2 rings (SSSR count). The molecule has 0 saturated heterocycles. The van der Waals surface area contributed by atoms with Crippen molar-refractivity contribution in [2.45, 2.75) is 25.5 Å². The molecule has 3 heteroatoms. The Hall–Kier alpha value is -0.730. The number of halogens is 1. The van der Waals surface area contributed by atoms with Crippen LogP contribution in [0.1, 0.15) is 25.0 Å². The van der Waals surface area contributed by atoms with Gasteiger partial charge in [0.2, 0.25) is 0 Å². The van der Waals surface area contributed by atoms with Crippen molar-refractivity contribution in [3.8, 4) is 0 Å². The Kier molecular flexibility index (Phi) is 2.18. The maximum atomic E-state index is 9.76. The van der Waals surface area contributed by atoms with Crippen LogP contribution >= 0.6 is 11.6 Å². The number of rotatable bonds is 0. The first-order chi connectivity index (χ1) is 6.16. The van der Waals surface area contributed by atoms with Crippen molar-refractivity contribution in [1.29, 1.82) is 0 Å². The zero-order valence-corrected chi connectivity index (χ0v) is 8.17. The van der Waals surface area contributed by atoms with E-state index >= 15 is 0 Å². The molecule has 13 heavy (non-hydrogen) atoms. The highest BCUT2D eigenvalue weighted by Gasteiger charge is 2.21. The number of hydrogen-bond donors (Lipinski definition) is 2. The average Bonchev–Trinajstić information content (AvgIpc) is 2.06. The van der Waals surface area contributed by atoms with Crippen molar-refractivity contribution in [3.63, 3.8) is 0 Å². The third-order valence-electron chi connectivity index (χ3n) is 2.35. The molecule has 1 aliphatic rings. The summed E-state index contributed by atoms with van der Waals surface area (Å²) in [4.78, 5) is 0. The number of fused-ring (bicyclic) bond motifs is 1. The largest absolute Gasteiger partial charge is 0.388 e. The lowest BCUT2D eigenvalue weighted by atomic mass is 9.96. The molecule has 0 fully saturated rings. The SMILES string of the molecule is C[C@H]1C[C@@H](O)c2cc(Cl)ccc2N1. The van der Waals surface area contributed by atoms with E-state index in [9.17, 15) is 5.11 Å². The number of aliphatic hydroxyl groups excluding tert-OH is 1. The third-order valence-corrected chi connectivity index (χ3v) is 2.59. The van der Waals surface area contributed by atoms with Crippen LogP contribution in [-0.2, 0) is 0 Å². The molecule has 0 radical (unpaired) electrons. The van der Waals surface area contributed by atoms with E-state index in [1.54, 1.807) is 0 Å². The van der Waals surface area contributed by atoms with Crippen LogP contribution in [0.5, 0.6) is 0 Å². The molecule has 0 unspecified atom stereocenters. The van der Waals surface area contributed by atoms with Crippen LogP contribution in [-0.4, -0.2) is 11.1 Å². The standard InChI is InChI=1S/C10H12ClNO/c1-6-4-10(13)8-5-7(11)2-3-9(8)12-6/h2-3,5-6,10,12-13H,4H2,1H3/t6-,10+/m0/s1. The van der Waals surface area contributed by atoms with Crippen LogP contribution < -0.4 is 5.32 Å². The second-order valence-corrected chi connectivity index (χ2v) is 3.96. The Morgan fingerprint density at radius 2 is 2.31 bits per heavy atom. The van der Waals surface area contributed by atoms with Crippen molar-refractivity contribution < 1.29 is 5.11 Å². The smallest absolute Gasteiger partial charge is 0.0829 e. The Labute approximate surface area is 82.5 Å². The second kappa shape index (κ2) is 3.20. The normalized spacial score (nSPS) is 26.4. The van der Waals surface area contributed by atoms with Gasteiger partial charge < -0.3 is 10.4 Å². The van der Waals surface area contributed by atoms with Crippen LogP contribution in [0, 0.1) is 0 Å². The predicted octanol–water partition coefficient (Wildman–Crippen LogP) is 2.58. The molecule has 0 bridgehead atoms. The lowest BCUT2D eigenvalue weighted by Crippen LogP contribution is -2.25. The first kappa shape index (κ1) is 8.85. The van der Waals surface area contributed by atoms with Gasteiger partial charge >= 0.3 is 0 Å². The van der Waals surface area contributed by atoms with E-state index < -0.39 is 0 Å². The van der Waals surface area contributed by atoms with Crippen molar-refractivity contribution in [1.82, 2.24) is 0 Å². The summed E-state index contributed by atoms with van der Waals surface area (Å²) in [7, 11) is 0. The number of hydrogen-bond acceptors (Lipinski definition) is 2. The summed E-state index contributed by atoms with van der Waals surface area (Å²) in [5.74, 6) is 0. The number of benzene rings is 1. The molecule has 2 N–H and O–H groups in total. The summed E-state index contributed by atoms with van der Waals surface area (Å²) in [6, 6.07) is 5.89. The average molecular weight is 198 g/mol. The first-order valence-electron chi connectivity index (χ1n) is 4.41. The number of anilines is 1. The van der Waals surface area contributed by atoms with Gasteiger partial charge in [-0.3, -0.25) is 0 Å². The zero-order valence-electron chi connectivity index (χ0n) is 7.42. The molecule has 1 aromatic rings. The van der Waals surface area contributed by atoms with Crippen LogP contribution in [0.15, 0.2) is 18.2 Å². The summed E-state index contributed by atoms with van der Waals surface area (Å²) in [6.45, 7) is 2.06. The van der Waals surface area contributed by atoms with Gasteiger partial charge in [-0.2, -0.15) is 0 Å². The van der Waals surface area contributed by atoms with Gasteiger partial charge in [0.1, 0.15) is 0 Å². The predicted molar refractivity (Wildman–Crippen MR) is 54.1 cm³/mol. The summed E-state index contributed by atoms with van der Waals surface area (Å²) < 4.78 is 0. The van der Waals surface area contributed by atoms with E-state index in [1.807, 2.05) is 18.2 Å². The Morgan fingerprint density at radius 3 is 3.08 bits per heavy atom. The van der Waals surface area contributed by atoms with Crippen molar-refractivity contribution in [2.75, 3.05) is 5.32 Å². The summed E-state index contributed by atoms with van der Waals surface area (Å²) in [6.07, 6.45) is 0.359. The molecular weight excluding hydrogens is 186 g/mol. The van der Waals surface area contributed by atoms with Gasteiger partial charge in [0.15, 0.2) is 0 Å². The highest BCUT2D eigenvalue weighted by atomic mass is 35.5. The molecule has 1 aromatic carbocycles. The van der Waals surface area contributed by atoms with Crippen LogP contribution in [0.25, 0.3) is 0 Å². The molecule has 70 valence electrons. The fourth-order valence-electron chi connectivity index (χ4n) is 1.73. The fourth-order valence-corrected chi connectivity index (χ4v) is 1.91. The van der Waals surface area contributed by atoms with E-state index in [0.29, 0.717) is 11.1 Å². The minimum absolute atomic E-state index is 0.323. The zero-order chi connectivity index (χ0) is 9.42. The van der Waals surface area contributed by atoms with E-state index in [2.05, 4.69) is 12.2 Å². The Morgan fingerprint density at radius 1 is 1.54 bits per heavy atom. The van der Waals surface area contributed by atoms with Gasteiger partial charge in [-0.05, 0) is 31.5 Å². The summed E-state index contributed by atoms with van der Waals surface area (Å²) in [5.41, 5.74) is 1.90. The molecule has 0 saturated carbocycles. The first-order valence-corrected chi connectivity index (χ1v) is 4.78. The molecule has 2 nitrogen and oxygen atoms in total. The quantitative estimate of drug-likeness (QED) is 0.670. The van der Waals surface area contributed by atoms with Crippen LogP contribution in [0.4, 0.5) is 5.69 Å². The number of nitrogens with one attached hydrogen (secondary N) is 1. The van der Waals surface area contributed by atoms with Crippen molar-refractivity contribution >= 4 is 17.3 Å².